The third kappa shape index (κ3) is 4.80. The molecule has 2 N–H and O–H groups in total. The van der Waals surface area contributed by atoms with E-state index in [1.807, 2.05) is 12.1 Å². The van der Waals surface area contributed by atoms with Crippen LogP contribution in [0.2, 0.25) is 0 Å². The van der Waals surface area contributed by atoms with Crippen LogP contribution in [0.25, 0.3) is 0 Å². The second-order valence-electron chi connectivity index (χ2n) is 6.34. The largest absolute Gasteiger partial charge is 0.399 e. The molecule has 0 bridgehead atoms. The van der Waals surface area contributed by atoms with Crippen molar-refractivity contribution >= 4 is 5.69 Å². The average molecular weight is 275 g/mol. The predicted molar refractivity (Wildman–Crippen MR) is 86.9 cm³/mol. The molecule has 3 nitrogen and oxygen atoms in total. The highest BCUT2D eigenvalue weighted by Crippen LogP contribution is 2.13. The van der Waals surface area contributed by atoms with Gasteiger partial charge in [-0.25, -0.2) is 0 Å². The molecule has 2 rings (SSSR count). The number of rotatable bonds is 6. The number of anilines is 1. The molecule has 0 aromatic heterocycles. The summed E-state index contributed by atoms with van der Waals surface area (Å²) in [4.78, 5) is 5.19. The van der Waals surface area contributed by atoms with E-state index in [1.165, 1.54) is 51.3 Å². The minimum absolute atomic E-state index is 0.780. The molecule has 20 heavy (non-hydrogen) atoms. The molecule has 0 atom stereocenters. The van der Waals surface area contributed by atoms with Crippen LogP contribution in [0.15, 0.2) is 24.3 Å². The number of hydrogen-bond acceptors (Lipinski definition) is 3. The number of benzene rings is 1. The fraction of sp³-hybridized carbons (Fsp3) is 0.647. The topological polar surface area (TPSA) is 32.5 Å². The highest BCUT2D eigenvalue weighted by atomic mass is 15.3. The lowest BCUT2D eigenvalue weighted by Crippen LogP contribution is -2.47. The predicted octanol–water partition coefficient (Wildman–Crippen LogP) is 2.48. The van der Waals surface area contributed by atoms with Gasteiger partial charge in [0.25, 0.3) is 0 Å². The van der Waals surface area contributed by atoms with Crippen molar-refractivity contribution in [2.45, 2.75) is 26.7 Å². The number of hydrogen-bond donors (Lipinski definition) is 1. The smallest absolute Gasteiger partial charge is 0.0346 e. The van der Waals surface area contributed by atoms with Crippen LogP contribution < -0.4 is 5.73 Å². The van der Waals surface area contributed by atoms with Crippen molar-refractivity contribution in [2.24, 2.45) is 5.92 Å². The van der Waals surface area contributed by atoms with Gasteiger partial charge in [-0.1, -0.05) is 32.0 Å². The van der Waals surface area contributed by atoms with Crippen LogP contribution >= 0.6 is 0 Å². The second kappa shape index (κ2) is 7.65. The Morgan fingerprint density at radius 1 is 1.05 bits per heavy atom. The lowest BCUT2D eigenvalue weighted by Gasteiger charge is -2.35. The molecule has 112 valence electrons. The van der Waals surface area contributed by atoms with Gasteiger partial charge >= 0.3 is 0 Å². The zero-order valence-corrected chi connectivity index (χ0v) is 13.0. The molecule has 3 heteroatoms. The summed E-state index contributed by atoms with van der Waals surface area (Å²) in [6, 6.07) is 8.24. The lowest BCUT2D eigenvalue weighted by molar-refractivity contribution is 0.121. The van der Waals surface area contributed by atoms with E-state index >= 15 is 0 Å². The quantitative estimate of drug-likeness (QED) is 0.810. The van der Waals surface area contributed by atoms with E-state index in [0.717, 1.165) is 18.0 Å². The Kier molecular flexibility index (Phi) is 5.86. The monoisotopic (exact) mass is 275 g/mol. The second-order valence-corrected chi connectivity index (χ2v) is 6.34. The summed E-state index contributed by atoms with van der Waals surface area (Å²) >= 11 is 0. The molecule has 1 heterocycles. The van der Waals surface area contributed by atoms with Gasteiger partial charge in [0.2, 0.25) is 0 Å². The van der Waals surface area contributed by atoms with Gasteiger partial charge in [-0.15, -0.1) is 0 Å². The molecule has 0 radical (unpaired) electrons. The van der Waals surface area contributed by atoms with Crippen molar-refractivity contribution < 1.29 is 0 Å². The number of nitrogens with two attached hydrogens (primary N) is 1. The molecular formula is C17H29N3. The van der Waals surface area contributed by atoms with Crippen molar-refractivity contribution in [3.63, 3.8) is 0 Å². The van der Waals surface area contributed by atoms with Gasteiger partial charge < -0.3 is 15.5 Å². The van der Waals surface area contributed by atoms with Gasteiger partial charge in [0.15, 0.2) is 0 Å². The normalized spacial score (nSPS) is 17.8. The maximum atomic E-state index is 5.98. The zero-order valence-electron chi connectivity index (χ0n) is 13.0. The Hall–Kier alpha value is -1.06. The molecule has 0 saturated carbocycles. The lowest BCUT2D eigenvalue weighted by atomic mass is 10.1. The van der Waals surface area contributed by atoms with Gasteiger partial charge in [-0.2, -0.15) is 0 Å². The minimum atomic E-state index is 0.780. The van der Waals surface area contributed by atoms with Gasteiger partial charge in [-0.3, -0.25) is 0 Å². The maximum absolute atomic E-state index is 5.98. The van der Waals surface area contributed by atoms with Crippen LogP contribution in [0.4, 0.5) is 5.69 Å². The van der Waals surface area contributed by atoms with Gasteiger partial charge in [-0.05, 0) is 36.9 Å². The van der Waals surface area contributed by atoms with E-state index in [1.54, 1.807) is 0 Å². The Bertz CT molecular complexity index is 395. The van der Waals surface area contributed by atoms with Crippen LogP contribution in [0, 0.1) is 5.92 Å². The summed E-state index contributed by atoms with van der Waals surface area (Å²) in [7, 11) is 0. The number of nitrogen functional groups attached to an aromatic ring is 1. The molecule has 1 aliphatic rings. The first kappa shape index (κ1) is 15.3. The van der Waals surface area contributed by atoms with E-state index in [9.17, 15) is 0 Å². The van der Waals surface area contributed by atoms with Crippen molar-refractivity contribution in [1.82, 2.24) is 9.80 Å². The maximum Gasteiger partial charge on any atom is 0.0346 e. The van der Waals surface area contributed by atoms with E-state index in [-0.39, 0.29) is 0 Å². The van der Waals surface area contributed by atoms with Crippen LogP contribution in [-0.2, 0) is 6.42 Å². The standard InChI is InChI=1S/C17H29N3/c1-15(2)14-20-12-10-19(11-13-20)9-5-7-16-6-3-4-8-17(16)18/h3-4,6,8,15H,5,7,9-14,18H2,1-2H3. The van der Waals surface area contributed by atoms with Crippen LogP contribution in [0.5, 0.6) is 0 Å². The summed E-state index contributed by atoms with van der Waals surface area (Å²) in [6.07, 6.45) is 2.30. The highest BCUT2D eigenvalue weighted by molar-refractivity contribution is 5.46. The summed E-state index contributed by atoms with van der Waals surface area (Å²) in [5, 5.41) is 0. The summed E-state index contributed by atoms with van der Waals surface area (Å²) in [6.45, 7) is 11.9. The summed E-state index contributed by atoms with van der Waals surface area (Å²) in [5.41, 5.74) is 8.22. The Balaban J connectivity index is 1.65. The molecule has 0 unspecified atom stereocenters. The van der Waals surface area contributed by atoms with Crippen molar-refractivity contribution in [3.8, 4) is 0 Å². The van der Waals surface area contributed by atoms with Crippen molar-refractivity contribution in [1.29, 1.82) is 0 Å². The molecule has 1 saturated heterocycles. The number of piperazine rings is 1. The fourth-order valence-electron chi connectivity index (χ4n) is 2.97. The van der Waals surface area contributed by atoms with Gasteiger partial charge in [0.05, 0.1) is 0 Å². The van der Waals surface area contributed by atoms with Crippen LogP contribution in [0.3, 0.4) is 0 Å². The third-order valence-electron chi connectivity index (χ3n) is 4.06. The molecule has 0 spiro atoms. The Labute approximate surface area is 123 Å². The first-order valence-corrected chi connectivity index (χ1v) is 7.93. The number of para-hydroxylation sites is 1. The molecule has 0 amide bonds. The zero-order chi connectivity index (χ0) is 14.4. The third-order valence-corrected chi connectivity index (χ3v) is 4.06. The molecule has 1 fully saturated rings. The van der Waals surface area contributed by atoms with Gasteiger partial charge in [0, 0.05) is 38.4 Å². The van der Waals surface area contributed by atoms with E-state index in [4.69, 9.17) is 5.73 Å². The van der Waals surface area contributed by atoms with Crippen LogP contribution in [0.1, 0.15) is 25.8 Å². The highest BCUT2D eigenvalue weighted by Gasteiger charge is 2.16. The average Bonchev–Trinajstić information content (AvgIpc) is 2.42. The fourth-order valence-corrected chi connectivity index (χ4v) is 2.97. The SMILES string of the molecule is CC(C)CN1CCN(CCCc2ccccc2N)CC1. The van der Waals surface area contributed by atoms with E-state index in [0.29, 0.717) is 0 Å². The first-order valence-electron chi connectivity index (χ1n) is 7.93. The van der Waals surface area contributed by atoms with Gasteiger partial charge in [0.1, 0.15) is 0 Å². The Morgan fingerprint density at radius 2 is 1.70 bits per heavy atom. The molecule has 1 aliphatic heterocycles. The molecular weight excluding hydrogens is 246 g/mol. The molecule has 1 aromatic rings. The van der Waals surface area contributed by atoms with Crippen LogP contribution in [-0.4, -0.2) is 49.1 Å². The summed E-state index contributed by atoms with van der Waals surface area (Å²) < 4.78 is 0. The number of nitrogens with zero attached hydrogens (tertiary/aromatic N) is 2. The molecule has 0 aliphatic carbocycles. The molecule has 1 aromatic carbocycles. The van der Waals surface area contributed by atoms with E-state index < -0.39 is 0 Å². The Morgan fingerprint density at radius 3 is 2.35 bits per heavy atom. The van der Waals surface area contributed by atoms with Crippen molar-refractivity contribution in [3.05, 3.63) is 29.8 Å². The minimum Gasteiger partial charge on any atom is -0.399 e. The first-order chi connectivity index (χ1) is 9.65. The van der Waals surface area contributed by atoms with Crippen molar-refractivity contribution in [2.75, 3.05) is 45.0 Å². The van der Waals surface area contributed by atoms with E-state index in [2.05, 4.69) is 35.8 Å². The number of aryl methyl sites for hydroxylation is 1. The summed E-state index contributed by atoms with van der Waals surface area (Å²) in [5.74, 6) is 0.780.